The Bertz CT molecular complexity index is 922. The zero-order valence-corrected chi connectivity index (χ0v) is 15.6. The van der Waals surface area contributed by atoms with E-state index in [1.807, 2.05) is 10.8 Å². The summed E-state index contributed by atoms with van der Waals surface area (Å²) < 4.78 is 25.6. The minimum Gasteiger partial charge on any atom is -0.326 e. The Morgan fingerprint density at radius 2 is 1.52 bits per heavy atom. The van der Waals surface area contributed by atoms with Crippen molar-refractivity contribution >= 4 is 33.3 Å². The Morgan fingerprint density at radius 3 is 2.11 bits per heavy atom. The molecule has 0 saturated carbocycles. The van der Waals surface area contributed by atoms with Crippen molar-refractivity contribution in [3.63, 3.8) is 0 Å². The summed E-state index contributed by atoms with van der Waals surface area (Å²) in [6.45, 7) is 1.11. The molecule has 0 radical (unpaired) electrons. The van der Waals surface area contributed by atoms with Crippen LogP contribution in [0.4, 0.5) is 5.69 Å². The molecule has 2 rings (SSSR count). The largest absolute Gasteiger partial charge is 0.326 e. The van der Waals surface area contributed by atoms with Crippen LogP contribution in [-0.4, -0.2) is 26.0 Å². The van der Waals surface area contributed by atoms with E-state index in [9.17, 15) is 22.8 Å². The van der Waals surface area contributed by atoms with Crippen LogP contribution in [-0.2, 0) is 19.6 Å². The van der Waals surface area contributed by atoms with Crippen molar-refractivity contribution in [1.29, 1.82) is 0 Å². The van der Waals surface area contributed by atoms with E-state index < -0.39 is 15.9 Å². The van der Waals surface area contributed by atoms with Crippen LogP contribution in [0.15, 0.2) is 59.5 Å². The van der Waals surface area contributed by atoms with Gasteiger partial charge in [-0.15, -0.1) is 0 Å². The van der Waals surface area contributed by atoms with E-state index in [4.69, 9.17) is 0 Å². The molecular formula is C19H20N2O5S. The summed E-state index contributed by atoms with van der Waals surface area (Å²) in [6, 6.07) is 14.3. The average Bonchev–Trinajstić information content (AvgIpc) is 2.61. The third-order valence-electron chi connectivity index (χ3n) is 3.63. The van der Waals surface area contributed by atoms with Crippen molar-refractivity contribution in [3.05, 3.63) is 60.2 Å². The fourth-order valence-electron chi connectivity index (χ4n) is 2.37. The lowest BCUT2D eigenvalue weighted by atomic mass is 10.1. The van der Waals surface area contributed by atoms with Gasteiger partial charge in [0.2, 0.25) is 11.8 Å². The number of Topliss-reactive ketones (excluding diaryl/α,β-unsaturated/α-hetero) is 1. The highest BCUT2D eigenvalue weighted by molar-refractivity contribution is 7.90. The molecule has 0 aliphatic rings. The van der Waals surface area contributed by atoms with Crippen LogP contribution < -0.4 is 10.0 Å². The van der Waals surface area contributed by atoms with Gasteiger partial charge in [-0.3, -0.25) is 14.4 Å². The zero-order chi connectivity index (χ0) is 19.9. The summed E-state index contributed by atoms with van der Waals surface area (Å²) in [5.41, 5.74) is 1.05. The Hall–Kier alpha value is -3.00. The molecule has 0 fully saturated rings. The number of anilines is 1. The molecule has 0 aliphatic heterocycles. The molecule has 0 spiro atoms. The second kappa shape index (κ2) is 9.09. The number of carbonyl (C=O) groups is 3. The first-order chi connectivity index (χ1) is 12.8. The number of hydrogen-bond donors (Lipinski definition) is 2. The lowest BCUT2D eigenvalue weighted by Crippen LogP contribution is -2.28. The van der Waals surface area contributed by atoms with E-state index in [0.29, 0.717) is 17.7 Å². The molecule has 2 amide bonds. The number of nitrogens with one attached hydrogen (secondary N) is 2. The van der Waals surface area contributed by atoms with Crippen molar-refractivity contribution in [2.45, 2.75) is 31.1 Å². The number of ketones is 1. The molecule has 0 saturated heterocycles. The molecular weight excluding hydrogens is 368 g/mol. The molecule has 2 aromatic rings. The van der Waals surface area contributed by atoms with Crippen molar-refractivity contribution < 1.29 is 22.8 Å². The topological polar surface area (TPSA) is 109 Å². The van der Waals surface area contributed by atoms with Crippen LogP contribution in [0.3, 0.4) is 0 Å². The summed E-state index contributed by atoms with van der Waals surface area (Å²) in [4.78, 5) is 34.8. The number of rotatable bonds is 8. The first kappa shape index (κ1) is 20.3. The molecule has 0 heterocycles. The highest BCUT2D eigenvalue weighted by Crippen LogP contribution is 2.15. The lowest BCUT2D eigenvalue weighted by molar-refractivity contribution is -0.117. The van der Waals surface area contributed by atoms with Crippen LogP contribution in [0.2, 0.25) is 0 Å². The van der Waals surface area contributed by atoms with Gasteiger partial charge in [-0.05, 0) is 30.7 Å². The predicted octanol–water partition coefficient (Wildman–Crippen LogP) is 2.50. The fraction of sp³-hybridized carbons (Fsp3) is 0.211. The minimum absolute atomic E-state index is 0.0177. The summed E-state index contributed by atoms with van der Waals surface area (Å²) in [5, 5.41) is 2.64. The Balaban J connectivity index is 1.84. The quantitative estimate of drug-likeness (QED) is 0.675. The zero-order valence-electron chi connectivity index (χ0n) is 14.8. The maximum absolute atomic E-state index is 12.0. The molecule has 2 aromatic carbocycles. The minimum atomic E-state index is -3.90. The van der Waals surface area contributed by atoms with Crippen molar-refractivity contribution in [1.82, 2.24) is 4.72 Å². The predicted molar refractivity (Wildman–Crippen MR) is 101 cm³/mol. The first-order valence-electron chi connectivity index (χ1n) is 8.29. The highest BCUT2D eigenvalue weighted by Gasteiger charge is 2.15. The molecule has 0 atom stereocenters. The van der Waals surface area contributed by atoms with Crippen LogP contribution >= 0.6 is 0 Å². The molecule has 0 bridgehead atoms. The van der Waals surface area contributed by atoms with E-state index in [1.165, 1.54) is 24.3 Å². The van der Waals surface area contributed by atoms with E-state index >= 15 is 0 Å². The second-order valence-electron chi connectivity index (χ2n) is 5.88. The smallest absolute Gasteiger partial charge is 0.264 e. The van der Waals surface area contributed by atoms with Gasteiger partial charge < -0.3 is 5.32 Å². The highest BCUT2D eigenvalue weighted by atomic mass is 32.2. The van der Waals surface area contributed by atoms with E-state index in [1.54, 1.807) is 24.3 Å². The van der Waals surface area contributed by atoms with Crippen LogP contribution in [0, 0.1) is 0 Å². The Kier molecular flexibility index (Phi) is 6.84. The summed E-state index contributed by atoms with van der Waals surface area (Å²) >= 11 is 0. The molecule has 27 heavy (non-hydrogen) atoms. The Labute approximate surface area is 157 Å². The number of carbonyl (C=O) groups excluding carboxylic acids is 3. The Morgan fingerprint density at radius 1 is 0.889 bits per heavy atom. The SMILES string of the molecule is CC(=O)NS(=O)(=O)c1ccc(NC(=O)CCCC(=O)c2ccccc2)cc1. The standard InChI is InChI=1S/C19H20N2O5S/c1-14(22)21-27(25,26)17-12-10-16(11-13-17)20-19(24)9-5-8-18(23)15-6-3-2-4-7-15/h2-4,6-7,10-13H,5,8-9H2,1H3,(H,20,24)(H,21,22). The molecule has 142 valence electrons. The average molecular weight is 388 g/mol. The summed E-state index contributed by atoms with van der Waals surface area (Å²) in [5.74, 6) is -0.971. The first-order valence-corrected chi connectivity index (χ1v) is 9.78. The molecule has 7 nitrogen and oxygen atoms in total. The van der Waals surface area contributed by atoms with Crippen molar-refractivity contribution in [3.8, 4) is 0 Å². The van der Waals surface area contributed by atoms with Gasteiger partial charge in [0, 0.05) is 31.0 Å². The summed E-state index contributed by atoms with van der Waals surface area (Å²) in [7, 11) is -3.90. The molecule has 0 aromatic heterocycles. The molecule has 2 N–H and O–H groups in total. The van der Waals surface area contributed by atoms with Crippen LogP contribution in [0.1, 0.15) is 36.5 Å². The monoisotopic (exact) mass is 388 g/mol. The maximum Gasteiger partial charge on any atom is 0.264 e. The van der Waals surface area contributed by atoms with Gasteiger partial charge in [0.1, 0.15) is 0 Å². The van der Waals surface area contributed by atoms with Crippen LogP contribution in [0.25, 0.3) is 0 Å². The van der Waals surface area contributed by atoms with Crippen molar-refractivity contribution in [2.24, 2.45) is 0 Å². The van der Waals surface area contributed by atoms with Gasteiger partial charge in [0.05, 0.1) is 4.90 Å². The third-order valence-corrected chi connectivity index (χ3v) is 5.08. The number of hydrogen-bond acceptors (Lipinski definition) is 5. The van der Waals surface area contributed by atoms with Gasteiger partial charge in [0.15, 0.2) is 5.78 Å². The van der Waals surface area contributed by atoms with E-state index in [2.05, 4.69) is 5.32 Å². The van der Waals surface area contributed by atoms with Gasteiger partial charge in [-0.2, -0.15) is 0 Å². The second-order valence-corrected chi connectivity index (χ2v) is 7.56. The third kappa shape index (κ3) is 6.34. The van der Waals surface area contributed by atoms with Gasteiger partial charge in [-0.1, -0.05) is 30.3 Å². The molecule has 0 unspecified atom stereocenters. The van der Waals surface area contributed by atoms with Crippen molar-refractivity contribution in [2.75, 3.05) is 5.32 Å². The molecule has 8 heteroatoms. The lowest BCUT2D eigenvalue weighted by Gasteiger charge is -2.08. The normalized spacial score (nSPS) is 10.9. The number of amides is 2. The fourth-order valence-corrected chi connectivity index (χ4v) is 3.36. The van der Waals surface area contributed by atoms with Crippen LogP contribution in [0.5, 0.6) is 0 Å². The number of sulfonamides is 1. The summed E-state index contributed by atoms with van der Waals surface area (Å²) in [6.07, 6.45) is 0.852. The van der Waals surface area contributed by atoms with E-state index in [-0.39, 0.29) is 29.4 Å². The number of benzene rings is 2. The maximum atomic E-state index is 12.0. The van der Waals surface area contributed by atoms with Gasteiger partial charge in [-0.25, -0.2) is 13.1 Å². The van der Waals surface area contributed by atoms with Gasteiger partial charge >= 0.3 is 0 Å². The molecule has 0 aliphatic carbocycles. The van der Waals surface area contributed by atoms with E-state index in [0.717, 1.165) is 6.92 Å². The van der Waals surface area contributed by atoms with Gasteiger partial charge in [0.25, 0.3) is 10.0 Å².